The molecule has 0 aliphatic carbocycles. The lowest BCUT2D eigenvalue weighted by atomic mass is 10.1. The summed E-state index contributed by atoms with van der Waals surface area (Å²) < 4.78 is 0. The maximum atomic E-state index is 12.2. The number of rotatable bonds is 6. The van der Waals surface area contributed by atoms with Crippen LogP contribution in [0.1, 0.15) is 22.4 Å². The summed E-state index contributed by atoms with van der Waals surface area (Å²) in [4.78, 5) is 18.3. The van der Waals surface area contributed by atoms with Gasteiger partial charge in [-0.2, -0.15) is 0 Å². The molecule has 27 heavy (non-hydrogen) atoms. The summed E-state index contributed by atoms with van der Waals surface area (Å²) in [5, 5.41) is 12.6. The Labute approximate surface area is 156 Å². The fourth-order valence-corrected chi connectivity index (χ4v) is 3.16. The van der Waals surface area contributed by atoms with Gasteiger partial charge in [-0.05, 0) is 36.6 Å². The van der Waals surface area contributed by atoms with Crippen LogP contribution in [0.4, 0.5) is 5.95 Å². The number of aryl methyl sites for hydroxylation is 1. The predicted molar refractivity (Wildman–Crippen MR) is 107 cm³/mol. The van der Waals surface area contributed by atoms with Gasteiger partial charge in [-0.1, -0.05) is 42.0 Å². The summed E-state index contributed by atoms with van der Waals surface area (Å²) in [7, 11) is 0. The molecule has 0 radical (unpaired) electrons. The Morgan fingerprint density at radius 2 is 1.93 bits per heavy atom. The van der Waals surface area contributed by atoms with Gasteiger partial charge in [0.2, 0.25) is 5.95 Å². The van der Waals surface area contributed by atoms with Gasteiger partial charge in [0.15, 0.2) is 0 Å². The number of nitrogens with zero attached hydrogens (tertiary/aromatic N) is 2. The Balaban J connectivity index is 1.40. The lowest BCUT2D eigenvalue weighted by Gasteiger charge is -2.05. The molecule has 2 heterocycles. The smallest absolute Gasteiger partial charge is 0.274 e. The third-order valence-electron chi connectivity index (χ3n) is 4.59. The molecule has 6 heteroatoms. The van der Waals surface area contributed by atoms with Gasteiger partial charge in [-0.25, -0.2) is 0 Å². The lowest BCUT2D eigenvalue weighted by Crippen LogP contribution is -2.20. The molecule has 4 aromatic rings. The molecule has 2 aromatic heterocycles. The van der Waals surface area contributed by atoms with Crippen molar-refractivity contribution in [1.29, 1.82) is 0 Å². The molecule has 136 valence electrons. The molecule has 0 aliphatic rings. The second-order valence-electron chi connectivity index (χ2n) is 6.65. The normalized spacial score (nSPS) is 11.0. The summed E-state index contributed by atoms with van der Waals surface area (Å²) in [6.07, 6.45) is 3.32. The van der Waals surface area contributed by atoms with E-state index in [-0.39, 0.29) is 5.56 Å². The fourth-order valence-electron chi connectivity index (χ4n) is 3.16. The van der Waals surface area contributed by atoms with Crippen LogP contribution < -0.4 is 10.9 Å². The fraction of sp³-hybridized carbons (Fsp3) is 0.190. The first-order valence-electron chi connectivity index (χ1n) is 8.99. The van der Waals surface area contributed by atoms with Crippen molar-refractivity contribution in [2.24, 2.45) is 0 Å². The molecule has 4 rings (SSSR count). The van der Waals surface area contributed by atoms with Gasteiger partial charge in [0, 0.05) is 30.1 Å². The highest BCUT2D eigenvalue weighted by atomic mass is 16.1. The molecule has 0 aliphatic heterocycles. The Bertz CT molecular complexity index is 1110. The summed E-state index contributed by atoms with van der Waals surface area (Å²) in [6, 6.07) is 16.1. The number of hydrogen-bond donors (Lipinski definition) is 3. The van der Waals surface area contributed by atoms with E-state index in [1.54, 1.807) is 0 Å². The van der Waals surface area contributed by atoms with E-state index >= 15 is 0 Å². The van der Waals surface area contributed by atoms with Crippen molar-refractivity contribution in [3.05, 3.63) is 87.5 Å². The van der Waals surface area contributed by atoms with Crippen LogP contribution in [0.5, 0.6) is 0 Å². The van der Waals surface area contributed by atoms with Crippen molar-refractivity contribution >= 4 is 16.9 Å². The summed E-state index contributed by atoms with van der Waals surface area (Å²) >= 11 is 0. The third-order valence-corrected chi connectivity index (χ3v) is 4.59. The summed E-state index contributed by atoms with van der Waals surface area (Å²) in [5.41, 5.74) is 4.84. The number of fused-ring (bicyclic) bond motifs is 1. The molecule has 0 fully saturated rings. The van der Waals surface area contributed by atoms with E-state index in [9.17, 15) is 4.79 Å². The standard InChI is InChI=1S/C21H21N5O/c1-14-7-8-18-17(11-14)16(13-23-18)9-10-22-21-24-20(27)19(25-26-21)12-15-5-3-2-4-6-15/h2-8,11,13,23H,9-10,12H2,1H3,(H2,22,24,26,27). The molecule has 2 aromatic carbocycles. The number of benzene rings is 2. The Morgan fingerprint density at radius 1 is 1.07 bits per heavy atom. The number of aromatic nitrogens is 4. The van der Waals surface area contributed by atoms with Gasteiger partial charge >= 0.3 is 0 Å². The summed E-state index contributed by atoms with van der Waals surface area (Å²) in [6.45, 7) is 2.75. The van der Waals surface area contributed by atoms with Crippen molar-refractivity contribution < 1.29 is 0 Å². The summed E-state index contributed by atoms with van der Waals surface area (Å²) in [5.74, 6) is 0.396. The highest BCUT2D eigenvalue weighted by Gasteiger charge is 2.07. The number of aromatic amines is 2. The Morgan fingerprint density at radius 3 is 2.74 bits per heavy atom. The van der Waals surface area contributed by atoms with Crippen molar-refractivity contribution in [2.75, 3.05) is 11.9 Å². The van der Waals surface area contributed by atoms with E-state index < -0.39 is 0 Å². The number of anilines is 1. The SMILES string of the molecule is Cc1ccc2[nH]cc(CCNc3nnc(Cc4ccccc4)c(=O)[nH]3)c2c1. The molecule has 0 unspecified atom stereocenters. The second-order valence-corrected chi connectivity index (χ2v) is 6.65. The zero-order valence-corrected chi connectivity index (χ0v) is 15.1. The van der Waals surface area contributed by atoms with E-state index in [0.29, 0.717) is 24.6 Å². The van der Waals surface area contributed by atoms with E-state index in [4.69, 9.17) is 0 Å². The van der Waals surface area contributed by atoms with Crippen molar-refractivity contribution in [3.63, 3.8) is 0 Å². The molecule has 0 saturated carbocycles. The number of H-pyrrole nitrogens is 2. The monoisotopic (exact) mass is 359 g/mol. The van der Waals surface area contributed by atoms with Crippen molar-refractivity contribution in [3.8, 4) is 0 Å². The van der Waals surface area contributed by atoms with Crippen LogP contribution in [0.2, 0.25) is 0 Å². The molecule has 0 atom stereocenters. The minimum absolute atomic E-state index is 0.209. The molecular formula is C21H21N5O. The minimum Gasteiger partial charge on any atom is -0.361 e. The van der Waals surface area contributed by atoms with E-state index in [1.807, 2.05) is 36.5 Å². The zero-order valence-electron chi connectivity index (χ0n) is 15.1. The van der Waals surface area contributed by atoms with Crippen LogP contribution in [0, 0.1) is 6.92 Å². The topological polar surface area (TPSA) is 86.5 Å². The quantitative estimate of drug-likeness (QED) is 0.493. The van der Waals surface area contributed by atoms with Gasteiger partial charge in [-0.3, -0.25) is 9.78 Å². The Hall–Kier alpha value is -3.41. The molecule has 0 amide bonds. The van der Waals surface area contributed by atoms with Gasteiger partial charge < -0.3 is 10.3 Å². The molecule has 0 bridgehead atoms. The van der Waals surface area contributed by atoms with Crippen LogP contribution >= 0.6 is 0 Å². The van der Waals surface area contributed by atoms with Crippen LogP contribution in [-0.4, -0.2) is 26.7 Å². The van der Waals surface area contributed by atoms with E-state index in [0.717, 1.165) is 17.5 Å². The highest BCUT2D eigenvalue weighted by molar-refractivity contribution is 5.83. The highest BCUT2D eigenvalue weighted by Crippen LogP contribution is 2.20. The average molecular weight is 359 g/mol. The van der Waals surface area contributed by atoms with Gasteiger partial charge in [0.1, 0.15) is 5.69 Å². The van der Waals surface area contributed by atoms with Gasteiger partial charge in [0.05, 0.1) is 0 Å². The molecule has 6 nitrogen and oxygen atoms in total. The zero-order chi connectivity index (χ0) is 18.6. The first-order valence-corrected chi connectivity index (χ1v) is 8.99. The largest absolute Gasteiger partial charge is 0.361 e. The molecule has 3 N–H and O–H groups in total. The molecule has 0 spiro atoms. The average Bonchev–Trinajstić information content (AvgIpc) is 3.07. The van der Waals surface area contributed by atoms with Crippen molar-refractivity contribution in [1.82, 2.24) is 20.2 Å². The van der Waals surface area contributed by atoms with Crippen molar-refractivity contribution in [2.45, 2.75) is 19.8 Å². The minimum atomic E-state index is -0.209. The van der Waals surface area contributed by atoms with Crippen LogP contribution in [-0.2, 0) is 12.8 Å². The Kier molecular flexibility index (Phi) is 4.70. The van der Waals surface area contributed by atoms with E-state index in [2.05, 4.69) is 50.6 Å². The first kappa shape index (κ1) is 17.0. The first-order chi connectivity index (χ1) is 13.2. The third kappa shape index (κ3) is 3.89. The number of nitrogens with one attached hydrogen (secondary N) is 3. The van der Waals surface area contributed by atoms with Crippen LogP contribution in [0.15, 0.2) is 59.5 Å². The lowest BCUT2D eigenvalue weighted by molar-refractivity contribution is 0.855. The number of hydrogen-bond acceptors (Lipinski definition) is 4. The maximum absolute atomic E-state index is 12.2. The van der Waals surface area contributed by atoms with Gasteiger partial charge in [0.25, 0.3) is 5.56 Å². The van der Waals surface area contributed by atoms with Crippen LogP contribution in [0.25, 0.3) is 10.9 Å². The van der Waals surface area contributed by atoms with E-state index in [1.165, 1.54) is 16.5 Å². The maximum Gasteiger partial charge on any atom is 0.274 e. The second kappa shape index (κ2) is 7.45. The van der Waals surface area contributed by atoms with Crippen LogP contribution in [0.3, 0.4) is 0 Å². The molecule has 0 saturated heterocycles. The van der Waals surface area contributed by atoms with Gasteiger partial charge in [-0.15, -0.1) is 10.2 Å². The predicted octanol–water partition coefficient (Wildman–Crippen LogP) is 3.20. The molecular weight excluding hydrogens is 338 g/mol.